The molecule has 0 aliphatic heterocycles. The van der Waals surface area contributed by atoms with E-state index >= 15 is 0 Å². The first-order valence-electron chi connectivity index (χ1n) is 19.2. The van der Waals surface area contributed by atoms with Crippen LogP contribution in [0, 0.1) is 0 Å². The van der Waals surface area contributed by atoms with E-state index in [0.29, 0.717) is 0 Å². The summed E-state index contributed by atoms with van der Waals surface area (Å²) in [4.78, 5) is 2.49. The summed E-state index contributed by atoms with van der Waals surface area (Å²) >= 11 is 1.87. The molecule has 0 radical (unpaired) electrons. The second kappa shape index (κ2) is 13.4. The van der Waals surface area contributed by atoms with Gasteiger partial charge in [-0.25, -0.2) is 0 Å². The van der Waals surface area contributed by atoms with Gasteiger partial charge in [0, 0.05) is 26.7 Å². The summed E-state index contributed by atoms with van der Waals surface area (Å²) in [7, 11) is 0. The third-order valence-corrected chi connectivity index (χ3v) is 12.4. The fraction of sp³-hybridized carbons (Fsp3) is 0. The van der Waals surface area contributed by atoms with Gasteiger partial charge < -0.3 is 4.90 Å². The summed E-state index contributed by atoms with van der Waals surface area (Å²) in [6.07, 6.45) is 0. The van der Waals surface area contributed by atoms with Crippen molar-refractivity contribution < 1.29 is 0 Å². The van der Waals surface area contributed by atoms with Crippen molar-refractivity contribution in [3.05, 3.63) is 212 Å². The fourth-order valence-corrected chi connectivity index (χ4v) is 9.73. The second-order valence-electron chi connectivity index (χ2n) is 14.5. The monoisotopic (exact) mass is 729 g/mol. The molecule has 11 rings (SSSR count). The molecule has 0 saturated carbocycles. The molecule has 56 heavy (non-hydrogen) atoms. The van der Waals surface area contributed by atoms with Crippen LogP contribution in [0.3, 0.4) is 0 Å². The molecule has 1 nitrogen and oxygen atoms in total. The Labute approximate surface area is 330 Å². The van der Waals surface area contributed by atoms with Gasteiger partial charge in [0.15, 0.2) is 0 Å². The van der Waals surface area contributed by atoms with Gasteiger partial charge in [0.2, 0.25) is 0 Å². The Morgan fingerprint density at radius 2 is 0.911 bits per heavy atom. The van der Waals surface area contributed by atoms with Crippen molar-refractivity contribution >= 4 is 80.9 Å². The number of hydrogen-bond donors (Lipinski definition) is 0. The van der Waals surface area contributed by atoms with Crippen molar-refractivity contribution in [2.45, 2.75) is 0 Å². The molecule has 0 N–H and O–H groups in total. The molecular formula is C54H35NS. The van der Waals surface area contributed by atoms with Crippen molar-refractivity contribution in [1.29, 1.82) is 0 Å². The summed E-state index contributed by atoms with van der Waals surface area (Å²) in [5.41, 5.74) is 10.6. The van der Waals surface area contributed by atoms with E-state index < -0.39 is 0 Å². The molecule has 0 amide bonds. The predicted molar refractivity (Wildman–Crippen MR) is 243 cm³/mol. The fourth-order valence-electron chi connectivity index (χ4n) is 8.53. The third kappa shape index (κ3) is 5.46. The zero-order valence-corrected chi connectivity index (χ0v) is 31.4. The lowest BCUT2D eigenvalue weighted by Crippen LogP contribution is -2.11. The van der Waals surface area contributed by atoms with Crippen LogP contribution in [0.1, 0.15) is 0 Å². The number of rotatable bonds is 6. The second-order valence-corrected chi connectivity index (χ2v) is 15.5. The highest BCUT2D eigenvalue weighted by molar-refractivity contribution is 7.26. The van der Waals surface area contributed by atoms with E-state index in [9.17, 15) is 0 Å². The molecule has 0 spiro atoms. The van der Waals surface area contributed by atoms with Gasteiger partial charge in [0.05, 0.1) is 16.1 Å². The van der Waals surface area contributed by atoms with Gasteiger partial charge >= 0.3 is 0 Å². The highest BCUT2D eigenvalue weighted by atomic mass is 32.1. The van der Waals surface area contributed by atoms with Crippen molar-refractivity contribution in [2.75, 3.05) is 4.90 Å². The molecular weight excluding hydrogens is 695 g/mol. The van der Waals surface area contributed by atoms with Gasteiger partial charge in [-0.05, 0) is 103 Å². The van der Waals surface area contributed by atoms with E-state index in [1.807, 2.05) is 11.3 Å². The first-order valence-corrected chi connectivity index (χ1v) is 20.0. The lowest BCUT2D eigenvalue weighted by molar-refractivity contribution is 1.30. The summed E-state index contributed by atoms with van der Waals surface area (Å²) < 4.78 is 2.56. The Morgan fingerprint density at radius 3 is 1.75 bits per heavy atom. The molecule has 2 heteroatoms. The molecule has 0 atom stereocenters. The average molecular weight is 730 g/mol. The number of nitrogens with zero attached hydrogens (tertiary/aromatic N) is 1. The maximum Gasteiger partial charge on any atom is 0.0640 e. The van der Waals surface area contributed by atoms with Gasteiger partial charge in [-0.3, -0.25) is 0 Å². The van der Waals surface area contributed by atoms with Crippen LogP contribution in [0.2, 0.25) is 0 Å². The van der Waals surface area contributed by atoms with Gasteiger partial charge in [0.25, 0.3) is 0 Å². The summed E-state index contributed by atoms with van der Waals surface area (Å²) in [6.45, 7) is 0. The van der Waals surface area contributed by atoms with Crippen LogP contribution in [0.15, 0.2) is 212 Å². The largest absolute Gasteiger partial charge is 0.308 e. The number of hydrogen-bond acceptors (Lipinski definition) is 2. The van der Waals surface area contributed by atoms with Crippen LogP contribution >= 0.6 is 11.3 Å². The Kier molecular flexibility index (Phi) is 7.75. The Morgan fingerprint density at radius 1 is 0.304 bits per heavy atom. The maximum absolute atomic E-state index is 2.49. The number of fused-ring (bicyclic) bond motifs is 7. The third-order valence-electron chi connectivity index (χ3n) is 11.2. The standard InChI is InChI=1S/C54H35NS/c1-2-14-37(15-3-1)45-32-29-41(40-26-25-36-13-4-5-16-39(36)33-40)35-52(45)55(51-23-12-22-49-48-21-10-11-24-53(48)56-54(49)51)43-30-27-38(28-31-43)50-34-42-17-6-7-18-44(42)46-19-8-9-20-47(46)50/h1-35H. The Hall–Kier alpha value is -7.00. The van der Waals surface area contributed by atoms with Crippen LogP contribution in [0.5, 0.6) is 0 Å². The van der Waals surface area contributed by atoms with Crippen LogP contribution in [0.4, 0.5) is 17.1 Å². The number of benzene rings is 10. The maximum atomic E-state index is 2.49. The highest BCUT2D eigenvalue weighted by Gasteiger charge is 2.22. The molecule has 1 aromatic heterocycles. The lowest BCUT2D eigenvalue weighted by Gasteiger charge is -2.29. The van der Waals surface area contributed by atoms with Gasteiger partial charge in [-0.15, -0.1) is 11.3 Å². The molecule has 1 heterocycles. The summed E-state index contributed by atoms with van der Waals surface area (Å²) in [6, 6.07) is 77.9. The summed E-state index contributed by atoms with van der Waals surface area (Å²) in [5.74, 6) is 0. The smallest absolute Gasteiger partial charge is 0.0640 e. The van der Waals surface area contributed by atoms with E-state index in [0.717, 1.165) is 11.4 Å². The Bertz CT molecular complexity index is 3250. The van der Waals surface area contributed by atoms with Crippen molar-refractivity contribution in [3.63, 3.8) is 0 Å². The molecule has 0 aliphatic carbocycles. The molecule has 10 aromatic carbocycles. The van der Waals surface area contributed by atoms with Crippen LogP contribution in [0.25, 0.3) is 85.9 Å². The highest BCUT2D eigenvalue weighted by Crippen LogP contribution is 2.48. The molecule has 11 aromatic rings. The van der Waals surface area contributed by atoms with E-state index in [1.54, 1.807) is 0 Å². The van der Waals surface area contributed by atoms with Gasteiger partial charge in [-0.2, -0.15) is 0 Å². The van der Waals surface area contributed by atoms with Crippen molar-refractivity contribution in [2.24, 2.45) is 0 Å². The predicted octanol–water partition coefficient (Wildman–Crippen LogP) is 16.0. The molecule has 0 aliphatic rings. The van der Waals surface area contributed by atoms with Crippen LogP contribution in [-0.2, 0) is 0 Å². The first-order chi connectivity index (χ1) is 27.8. The minimum atomic E-state index is 1.11. The Balaban J connectivity index is 1.16. The van der Waals surface area contributed by atoms with Gasteiger partial charge in [-0.1, -0.05) is 170 Å². The summed E-state index contributed by atoms with van der Waals surface area (Å²) in [5, 5.41) is 10.1. The molecule has 0 saturated heterocycles. The molecule has 262 valence electrons. The topological polar surface area (TPSA) is 3.24 Å². The number of anilines is 3. The van der Waals surface area contributed by atoms with Gasteiger partial charge in [0.1, 0.15) is 0 Å². The van der Waals surface area contributed by atoms with Crippen LogP contribution < -0.4 is 4.90 Å². The van der Waals surface area contributed by atoms with E-state index in [4.69, 9.17) is 0 Å². The molecule has 0 fully saturated rings. The zero-order chi connectivity index (χ0) is 37.0. The number of thiophene rings is 1. The SMILES string of the molecule is c1ccc(-c2ccc(-c3ccc4ccccc4c3)cc2N(c2ccc(-c3cc4ccccc4c4ccccc34)cc2)c2cccc3c2sc2ccccc23)cc1. The lowest BCUT2D eigenvalue weighted by atomic mass is 9.93. The van der Waals surface area contributed by atoms with E-state index in [1.165, 1.54) is 91.6 Å². The molecule has 0 bridgehead atoms. The quantitative estimate of drug-likeness (QED) is 0.154. The normalized spacial score (nSPS) is 11.6. The minimum absolute atomic E-state index is 1.11. The average Bonchev–Trinajstić information content (AvgIpc) is 3.66. The minimum Gasteiger partial charge on any atom is -0.308 e. The van der Waals surface area contributed by atoms with E-state index in [-0.39, 0.29) is 0 Å². The molecule has 0 unspecified atom stereocenters. The van der Waals surface area contributed by atoms with Crippen molar-refractivity contribution in [1.82, 2.24) is 0 Å². The van der Waals surface area contributed by atoms with Crippen molar-refractivity contribution in [3.8, 4) is 33.4 Å². The first kappa shape index (κ1) is 32.4. The van der Waals surface area contributed by atoms with Crippen LogP contribution in [-0.4, -0.2) is 0 Å². The van der Waals surface area contributed by atoms with E-state index in [2.05, 4.69) is 217 Å². The zero-order valence-electron chi connectivity index (χ0n) is 30.6.